The topological polar surface area (TPSA) is 56.7 Å². The van der Waals surface area contributed by atoms with Crippen LogP contribution in [-0.4, -0.2) is 44.0 Å². The SMILES string of the molecule is C=CCNC(=NCc1ccccc1C)NCC(=O)N(C)C.I. The number of carbonyl (C=O) groups is 1. The molecule has 0 heterocycles. The van der Waals surface area contributed by atoms with E-state index in [2.05, 4.69) is 41.3 Å². The van der Waals surface area contributed by atoms with Crippen molar-refractivity contribution in [2.75, 3.05) is 27.2 Å². The van der Waals surface area contributed by atoms with Gasteiger partial charge in [-0.05, 0) is 18.1 Å². The fourth-order valence-electron chi connectivity index (χ4n) is 1.61. The van der Waals surface area contributed by atoms with Crippen molar-refractivity contribution in [3.63, 3.8) is 0 Å². The number of rotatable bonds is 6. The van der Waals surface area contributed by atoms with Crippen LogP contribution in [0.15, 0.2) is 41.9 Å². The highest BCUT2D eigenvalue weighted by atomic mass is 127. The summed E-state index contributed by atoms with van der Waals surface area (Å²) in [5.74, 6) is 0.604. The predicted octanol–water partition coefficient (Wildman–Crippen LogP) is 1.92. The van der Waals surface area contributed by atoms with Gasteiger partial charge in [-0.25, -0.2) is 4.99 Å². The van der Waals surface area contributed by atoms with E-state index in [9.17, 15) is 4.79 Å². The lowest BCUT2D eigenvalue weighted by Crippen LogP contribution is -2.43. The first-order valence-corrected chi connectivity index (χ1v) is 6.92. The summed E-state index contributed by atoms with van der Waals surface area (Å²) in [6.45, 7) is 7.10. The zero-order valence-corrected chi connectivity index (χ0v) is 15.8. The summed E-state index contributed by atoms with van der Waals surface area (Å²) in [6.07, 6.45) is 1.75. The summed E-state index contributed by atoms with van der Waals surface area (Å²) >= 11 is 0. The molecule has 0 saturated heterocycles. The lowest BCUT2D eigenvalue weighted by atomic mass is 10.1. The highest BCUT2D eigenvalue weighted by Gasteiger charge is 2.05. The van der Waals surface area contributed by atoms with Gasteiger partial charge in [-0.3, -0.25) is 4.79 Å². The minimum Gasteiger partial charge on any atom is -0.353 e. The number of aliphatic imine (C=N–C) groups is 1. The molecular formula is C16H25IN4O. The lowest BCUT2D eigenvalue weighted by Gasteiger charge is -2.14. The third kappa shape index (κ3) is 7.44. The summed E-state index contributed by atoms with van der Waals surface area (Å²) in [6, 6.07) is 8.12. The minimum absolute atomic E-state index is 0. The Kier molecular flexibility index (Phi) is 10.3. The maximum atomic E-state index is 11.6. The van der Waals surface area contributed by atoms with Crippen LogP contribution < -0.4 is 10.6 Å². The molecule has 0 radical (unpaired) electrons. The summed E-state index contributed by atoms with van der Waals surface area (Å²) in [5, 5.41) is 6.13. The van der Waals surface area contributed by atoms with Crippen LogP contribution in [0.3, 0.4) is 0 Å². The first-order valence-electron chi connectivity index (χ1n) is 6.92. The smallest absolute Gasteiger partial charge is 0.241 e. The van der Waals surface area contributed by atoms with E-state index < -0.39 is 0 Å². The number of likely N-dealkylation sites (N-methyl/N-ethyl adjacent to an activating group) is 1. The fourth-order valence-corrected chi connectivity index (χ4v) is 1.61. The van der Waals surface area contributed by atoms with E-state index in [4.69, 9.17) is 0 Å². The molecule has 1 amide bonds. The van der Waals surface area contributed by atoms with Crippen molar-refractivity contribution >= 4 is 35.8 Å². The molecule has 0 unspecified atom stereocenters. The third-order valence-electron chi connectivity index (χ3n) is 2.99. The van der Waals surface area contributed by atoms with Crippen molar-refractivity contribution in [1.29, 1.82) is 0 Å². The number of hydrogen-bond acceptors (Lipinski definition) is 2. The zero-order chi connectivity index (χ0) is 15.7. The van der Waals surface area contributed by atoms with Crippen molar-refractivity contribution in [3.8, 4) is 0 Å². The molecule has 0 saturated carbocycles. The number of nitrogens with zero attached hydrogens (tertiary/aromatic N) is 2. The van der Waals surface area contributed by atoms with Gasteiger partial charge in [0.1, 0.15) is 0 Å². The maximum absolute atomic E-state index is 11.6. The molecule has 0 fully saturated rings. The van der Waals surface area contributed by atoms with Gasteiger partial charge < -0.3 is 15.5 Å². The van der Waals surface area contributed by atoms with Crippen LogP contribution in [0.5, 0.6) is 0 Å². The molecule has 1 aromatic rings. The molecule has 1 rings (SSSR count). The number of carbonyl (C=O) groups excluding carboxylic acids is 1. The predicted molar refractivity (Wildman–Crippen MR) is 103 cm³/mol. The van der Waals surface area contributed by atoms with Crippen molar-refractivity contribution in [1.82, 2.24) is 15.5 Å². The standard InChI is InChI=1S/C16H24N4O.HI/c1-5-10-17-16(19-12-15(21)20(3)4)18-11-14-9-7-6-8-13(14)2;/h5-9H,1,10-12H2,2-4H3,(H2,17,18,19);1H. The molecule has 22 heavy (non-hydrogen) atoms. The van der Waals surface area contributed by atoms with Crippen molar-refractivity contribution in [3.05, 3.63) is 48.0 Å². The number of guanidine groups is 1. The van der Waals surface area contributed by atoms with E-state index in [-0.39, 0.29) is 36.4 Å². The molecule has 5 nitrogen and oxygen atoms in total. The van der Waals surface area contributed by atoms with E-state index in [1.807, 2.05) is 12.1 Å². The minimum atomic E-state index is -0.000931. The Bertz CT molecular complexity index is 515. The number of benzene rings is 1. The highest BCUT2D eigenvalue weighted by Crippen LogP contribution is 2.07. The second-order valence-corrected chi connectivity index (χ2v) is 4.90. The van der Waals surface area contributed by atoms with Gasteiger partial charge in [0, 0.05) is 20.6 Å². The lowest BCUT2D eigenvalue weighted by molar-refractivity contribution is -0.127. The Morgan fingerprint density at radius 1 is 1.32 bits per heavy atom. The summed E-state index contributed by atoms with van der Waals surface area (Å²) < 4.78 is 0. The second kappa shape index (κ2) is 11.1. The van der Waals surface area contributed by atoms with Gasteiger partial charge >= 0.3 is 0 Å². The first kappa shape index (κ1) is 20.4. The Labute approximate surface area is 149 Å². The Balaban J connectivity index is 0.00000441. The van der Waals surface area contributed by atoms with E-state index >= 15 is 0 Å². The highest BCUT2D eigenvalue weighted by molar-refractivity contribution is 14.0. The average Bonchev–Trinajstić information content (AvgIpc) is 2.47. The van der Waals surface area contributed by atoms with Crippen LogP contribution in [0.25, 0.3) is 0 Å². The summed E-state index contributed by atoms with van der Waals surface area (Å²) in [7, 11) is 3.46. The van der Waals surface area contributed by atoms with Gasteiger partial charge in [-0.1, -0.05) is 30.3 Å². The van der Waals surface area contributed by atoms with Gasteiger partial charge in [0.25, 0.3) is 0 Å². The Morgan fingerprint density at radius 3 is 2.59 bits per heavy atom. The largest absolute Gasteiger partial charge is 0.353 e. The number of amides is 1. The molecule has 122 valence electrons. The van der Waals surface area contributed by atoms with Gasteiger partial charge in [0.2, 0.25) is 5.91 Å². The average molecular weight is 416 g/mol. The molecule has 0 aliphatic heterocycles. The van der Waals surface area contributed by atoms with E-state index in [1.54, 1.807) is 25.1 Å². The second-order valence-electron chi connectivity index (χ2n) is 4.90. The molecule has 0 bridgehead atoms. The molecule has 1 aromatic carbocycles. The number of nitrogens with one attached hydrogen (secondary N) is 2. The van der Waals surface area contributed by atoms with Crippen LogP contribution in [0.2, 0.25) is 0 Å². The summed E-state index contributed by atoms with van der Waals surface area (Å²) in [4.78, 5) is 17.7. The Hall–Kier alpha value is -1.57. The van der Waals surface area contributed by atoms with Gasteiger partial charge in [-0.15, -0.1) is 30.6 Å². The molecule has 0 aliphatic carbocycles. The van der Waals surface area contributed by atoms with Crippen LogP contribution >= 0.6 is 24.0 Å². The fraction of sp³-hybridized carbons (Fsp3) is 0.375. The molecule has 2 N–H and O–H groups in total. The Morgan fingerprint density at radius 2 is 2.00 bits per heavy atom. The van der Waals surface area contributed by atoms with Crippen molar-refractivity contribution in [2.24, 2.45) is 4.99 Å². The third-order valence-corrected chi connectivity index (χ3v) is 2.99. The number of halogens is 1. The van der Waals surface area contributed by atoms with Crippen LogP contribution in [0.1, 0.15) is 11.1 Å². The summed E-state index contributed by atoms with van der Waals surface area (Å²) in [5.41, 5.74) is 2.37. The molecular weight excluding hydrogens is 391 g/mol. The van der Waals surface area contributed by atoms with Crippen LogP contribution in [0, 0.1) is 6.92 Å². The van der Waals surface area contributed by atoms with E-state index in [1.165, 1.54) is 5.56 Å². The van der Waals surface area contributed by atoms with Gasteiger partial charge in [-0.2, -0.15) is 0 Å². The van der Waals surface area contributed by atoms with E-state index in [0.717, 1.165) is 5.56 Å². The van der Waals surface area contributed by atoms with Crippen LogP contribution in [0.4, 0.5) is 0 Å². The molecule has 0 aromatic heterocycles. The first-order chi connectivity index (χ1) is 10.0. The maximum Gasteiger partial charge on any atom is 0.241 e. The van der Waals surface area contributed by atoms with Crippen molar-refractivity contribution < 1.29 is 4.79 Å². The zero-order valence-electron chi connectivity index (χ0n) is 13.4. The molecule has 6 heteroatoms. The monoisotopic (exact) mass is 416 g/mol. The number of aryl methyl sites for hydroxylation is 1. The van der Waals surface area contributed by atoms with Gasteiger partial charge in [0.15, 0.2) is 5.96 Å². The number of hydrogen-bond donors (Lipinski definition) is 2. The van der Waals surface area contributed by atoms with Crippen LogP contribution in [-0.2, 0) is 11.3 Å². The quantitative estimate of drug-likeness (QED) is 0.323. The van der Waals surface area contributed by atoms with Crippen molar-refractivity contribution in [2.45, 2.75) is 13.5 Å². The molecule has 0 spiro atoms. The van der Waals surface area contributed by atoms with Gasteiger partial charge in [0.05, 0.1) is 13.1 Å². The normalized spacial score (nSPS) is 10.4. The van der Waals surface area contributed by atoms with E-state index in [0.29, 0.717) is 19.0 Å². The molecule has 0 aliphatic rings. The molecule has 0 atom stereocenters.